The summed E-state index contributed by atoms with van der Waals surface area (Å²) < 4.78 is 101. The van der Waals surface area contributed by atoms with Gasteiger partial charge in [0.05, 0.1) is 0 Å². The average molecular weight is 751 g/mol. The Morgan fingerprint density at radius 2 is 0.667 bits per heavy atom. The molecule has 0 aromatic heterocycles. The Balaban J connectivity index is -0.0000000277. The molecule has 0 aliphatic heterocycles. The molecule has 0 fully saturated rings. The zero-order valence-electron chi connectivity index (χ0n) is 7.91. The summed E-state index contributed by atoms with van der Waals surface area (Å²) in [4.78, 5) is 0. The van der Waals surface area contributed by atoms with Gasteiger partial charge in [-0.25, -0.2) is 0 Å². The van der Waals surface area contributed by atoms with Crippen molar-refractivity contribution in [1.82, 2.24) is 0 Å². The van der Waals surface area contributed by atoms with Gasteiger partial charge in [0, 0.05) is 0 Å². The van der Waals surface area contributed by atoms with Crippen molar-refractivity contribution in [3.63, 3.8) is 0 Å². The van der Waals surface area contributed by atoms with E-state index in [9.17, 15) is 0 Å². The zero-order valence-corrected chi connectivity index (χ0v) is 21.8. The van der Waals surface area contributed by atoms with Crippen molar-refractivity contribution in [2.24, 2.45) is 0 Å². The monoisotopic (exact) mass is 754 g/mol. The Kier molecular flexibility index (Phi) is 32.8. The first-order valence-electron chi connectivity index (χ1n) is 2.03. The molecule has 0 aliphatic rings. The second kappa shape index (κ2) is 15.9. The molecule has 0 heterocycles. The van der Waals surface area contributed by atoms with E-state index in [1.807, 2.05) is 0 Å². The van der Waals surface area contributed by atoms with E-state index in [0.29, 0.717) is 0 Å². The van der Waals surface area contributed by atoms with Gasteiger partial charge in [-0.05, 0) is 0 Å². The standard InChI is InChI=1S/Cd.3Cr.2H2O.10O.Pb.H2Se/h;;;;2*1H2;;;;;;;;;;;;1H2/q+2;;;+2;;;;;;;;;4*-1;+2;/p-2. The Bertz CT molecular complexity index is 348. The topological polar surface area (TPSA) is 235 Å². The molecule has 12 nitrogen and oxygen atoms in total. The molecule has 0 bridgehead atoms. The molecule has 0 spiro atoms. The van der Waals surface area contributed by atoms with Crippen LogP contribution < -0.4 is 16.6 Å². The van der Waals surface area contributed by atoms with Crippen LogP contribution in [0.2, 0.25) is 0 Å². The Hall–Kier alpha value is 2.52. The average Bonchev–Trinajstić information content (AvgIpc) is 1.41. The molecular formula is H4CdCr3O12PbSe. The quantitative estimate of drug-likeness (QED) is 0.220. The summed E-state index contributed by atoms with van der Waals surface area (Å²) in [6, 6.07) is 0. The van der Waals surface area contributed by atoms with Crippen molar-refractivity contribution in [2.75, 3.05) is 0 Å². The Labute approximate surface area is 158 Å². The van der Waals surface area contributed by atoms with Gasteiger partial charge in [-0.3, -0.25) is 0 Å². The van der Waals surface area contributed by atoms with Gasteiger partial charge in [-0.1, -0.05) is 0 Å². The van der Waals surface area contributed by atoms with Gasteiger partial charge in [0.2, 0.25) is 0 Å². The van der Waals surface area contributed by atoms with E-state index < -0.39 is 40.8 Å². The van der Waals surface area contributed by atoms with Crippen LogP contribution in [-0.4, -0.2) is 52.7 Å². The summed E-state index contributed by atoms with van der Waals surface area (Å²) in [5, 5.41) is 0. The maximum atomic E-state index is 8.82. The number of hydrogen-bond donors (Lipinski definition) is 2. The van der Waals surface area contributed by atoms with Gasteiger partial charge in [0.1, 0.15) is 0 Å². The SMILES string of the molecule is [Cd+2].[O]=[Cr](=[O])([O-])[O-].[O]=[Cr](=[O])([O-])[O-].[O]=[Cr](=[O])([OH])[OH].[Pb+2].[SeH2]. The van der Waals surface area contributed by atoms with Crippen LogP contribution in [0.15, 0.2) is 0 Å². The summed E-state index contributed by atoms with van der Waals surface area (Å²) >= 11 is -16.8. The fourth-order valence-electron chi connectivity index (χ4n) is 0. The van der Waals surface area contributed by atoms with Crippen LogP contribution in [0, 0.1) is 0 Å². The summed E-state index contributed by atoms with van der Waals surface area (Å²) in [6.45, 7) is 0. The minimum atomic E-state index is -5.75. The third-order valence-electron chi connectivity index (χ3n) is 0. The molecule has 0 aliphatic carbocycles. The molecule has 18 heavy (non-hydrogen) atoms. The first-order chi connectivity index (χ1) is 6.00. The van der Waals surface area contributed by atoms with Crippen molar-refractivity contribution in [1.29, 1.82) is 0 Å². The maximum absolute atomic E-state index is 8.82. The van der Waals surface area contributed by atoms with Crippen molar-refractivity contribution in [3.05, 3.63) is 0 Å². The van der Waals surface area contributed by atoms with Gasteiger partial charge in [0.25, 0.3) is 0 Å². The Morgan fingerprint density at radius 3 is 0.667 bits per heavy atom. The molecule has 2 N–H and O–H groups in total. The fraction of sp³-hybridized carbons (Fsp3) is 0. The summed E-state index contributed by atoms with van der Waals surface area (Å²) in [7, 11) is 0. The van der Waals surface area contributed by atoms with E-state index in [1.54, 1.807) is 0 Å². The van der Waals surface area contributed by atoms with E-state index in [4.69, 9.17) is 47.8 Å². The van der Waals surface area contributed by atoms with Gasteiger partial charge < -0.3 is 0 Å². The molecule has 0 rings (SSSR count). The summed E-state index contributed by atoms with van der Waals surface area (Å²) in [5.41, 5.74) is 0. The molecule has 0 aromatic rings. The van der Waals surface area contributed by atoms with Crippen LogP contribution in [0.3, 0.4) is 0 Å². The molecule has 0 unspecified atom stereocenters. The van der Waals surface area contributed by atoms with Crippen molar-refractivity contribution < 1.29 is 116 Å². The second-order valence-corrected chi connectivity index (χ2v) is 5.21. The van der Waals surface area contributed by atoms with Gasteiger partial charge >= 0.3 is 160 Å². The van der Waals surface area contributed by atoms with E-state index in [-0.39, 0.29) is 71.7 Å². The van der Waals surface area contributed by atoms with E-state index in [1.165, 1.54) is 0 Å². The van der Waals surface area contributed by atoms with E-state index >= 15 is 0 Å². The minimum absolute atomic E-state index is 0. The Morgan fingerprint density at radius 1 is 0.667 bits per heavy atom. The molecular weight excluding hydrogens is 747 g/mol. The molecule has 106 valence electrons. The van der Waals surface area contributed by atoms with Gasteiger partial charge in [0.15, 0.2) is 0 Å². The van der Waals surface area contributed by atoms with Crippen molar-refractivity contribution in [2.45, 2.75) is 0 Å². The van der Waals surface area contributed by atoms with Gasteiger partial charge in [-0.2, -0.15) is 0 Å². The summed E-state index contributed by atoms with van der Waals surface area (Å²) in [5.74, 6) is 0. The van der Waals surface area contributed by atoms with E-state index in [0.717, 1.165) is 0 Å². The first kappa shape index (κ1) is 37.1. The predicted octanol–water partition coefficient (Wildman–Crippen LogP) is -7.89. The van der Waals surface area contributed by atoms with Crippen LogP contribution in [0.4, 0.5) is 0 Å². The van der Waals surface area contributed by atoms with Crippen molar-refractivity contribution >= 4 is 44.4 Å². The van der Waals surface area contributed by atoms with Crippen molar-refractivity contribution in [3.8, 4) is 0 Å². The summed E-state index contributed by atoms with van der Waals surface area (Å²) in [6.07, 6.45) is 0. The van der Waals surface area contributed by atoms with Crippen LogP contribution in [0.5, 0.6) is 0 Å². The fourth-order valence-corrected chi connectivity index (χ4v) is 0. The molecule has 0 amide bonds. The molecule has 2 radical (unpaired) electrons. The number of hydrogen-bond acceptors (Lipinski definition) is 10. The van der Waals surface area contributed by atoms with Crippen LogP contribution in [0.1, 0.15) is 0 Å². The zero-order chi connectivity index (χ0) is 13.5. The molecule has 0 aromatic carbocycles. The second-order valence-electron chi connectivity index (χ2n) is 1.26. The first-order valence-corrected chi connectivity index (χ1v) is 8.38. The molecule has 0 saturated heterocycles. The third kappa shape index (κ3) is 895. The molecule has 0 atom stereocenters. The molecule has 18 heteroatoms. The normalized spacial score (nSPS) is 9.67. The molecule has 0 saturated carbocycles. The predicted molar refractivity (Wildman–Crippen MR) is 22.9 cm³/mol. The third-order valence-corrected chi connectivity index (χ3v) is 0. The van der Waals surface area contributed by atoms with Gasteiger partial charge in [-0.15, -0.1) is 0 Å². The van der Waals surface area contributed by atoms with E-state index in [2.05, 4.69) is 0 Å². The van der Waals surface area contributed by atoms with Crippen LogP contribution >= 0.6 is 0 Å². The number of rotatable bonds is 0. The van der Waals surface area contributed by atoms with Crippen LogP contribution in [-0.2, 0) is 91.0 Å². The van der Waals surface area contributed by atoms with Crippen LogP contribution in [0.25, 0.3) is 0 Å².